The fraction of sp³-hybridized carbons (Fsp3) is 0.641. The van der Waals surface area contributed by atoms with Gasteiger partial charge in [-0.25, -0.2) is 0 Å². The average molecular weight is 870 g/mol. The van der Waals surface area contributed by atoms with E-state index in [0.717, 1.165) is 49.4 Å². The van der Waals surface area contributed by atoms with Crippen molar-refractivity contribution >= 4 is 64.6 Å². The molecule has 59 heavy (non-hydrogen) atoms. The van der Waals surface area contributed by atoms with E-state index in [1.165, 1.54) is 65.5 Å². The van der Waals surface area contributed by atoms with Crippen molar-refractivity contribution in [1.82, 2.24) is 25.8 Å². The summed E-state index contributed by atoms with van der Waals surface area (Å²) in [5, 5.41) is 9.23. The largest absolute Gasteiger partial charge is 0.438 e. The number of nitrogens with one attached hydrogen (secondary N) is 3. The smallest absolute Gasteiger partial charge is 0.410 e. The van der Waals surface area contributed by atoms with E-state index in [9.17, 15) is 33.3 Å². The number of rotatable bonds is 12. The van der Waals surface area contributed by atoms with E-state index >= 15 is 8.78 Å². The van der Waals surface area contributed by atoms with Crippen LogP contribution in [-0.2, 0) is 52.7 Å². The van der Waals surface area contributed by atoms with Gasteiger partial charge in [0.25, 0.3) is 5.91 Å². The van der Waals surface area contributed by atoms with Crippen LogP contribution in [0.2, 0.25) is 0 Å². The Labute approximate surface area is 345 Å². The topological polar surface area (TPSA) is 199 Å². The Morgan fingerprint density at radius 1 is 0.881 bits per heavy atom. The molecule has 1 aromatic heterocycles. The van der Waals surface area contributed by atoms with E-state index < -0.39 is 79.1 Å². The number of carbonyl (C=O) groups is 6. The van der Waals surface area contributed by atoms with Crippen LogP contribution in [0.15, 0.2) is 24.3 Å². The van der Waals surface area contributed by atoms with E-state index in [-0.39, 0.29) is 40.7 Å². The third-order valence-electron chi connectivity index (χ3n) is 10.4. The molecule has 3 N–H and O–H groups in total. The highest BCUT2D eigenvalue weighted by Gasteiger charge is 2.56. The van der Waals surface area contributed by atoms with Crippen molar-refractivity contribution in [2.24, 2.45) is 10.8 Å². The number of fused-ring (bicyclic) bond motifs is 2. The molecule has 0 aliphatic carbocycles. The number of ether oxygens (including phenoxy) is 2. The first-order chi connectivity index (χ1) is 27.5. The van der Waals surface area contributed by atoms with Gasteiger partial charge in [-0.1, -0.05) is 6.07 Å². The average Bonchev–Trinajstić information content (AvgIpc) is 3.79. The molecule has 0 radical (unpaired) electrons. The molecule has 3 saturated heterocycles. The third kappa shape index (κ3) is 10.8. The lowest BCUT2D eigenvalue weighted by molar-refractivity contribution is -0.163. The van der Waals surface area contributed by atoms with Crippen molar-refractivity contribution in [3.63, 3.8) is 0 Å². The zero-order chi connectivity index (χ0) is 43.5. The van der Waals surface area contributed by atoms with Crippen molar-refractivity contribution in [3.05, 3.63) is 34.7 Å². The van der Waals surface area contributed by atoms with Crippen LogP contribution in [0.25, 0.3) is 10.1 Å². The van der Waals surface area contributed by atoms with Gasteiger partial charge in [0.2, 0.25) is 31.3 Å². The minimum absolute atomic E-state index is 0.0204. The van der Waals surface area contributed by atoms with Crippen LogP contribution in [0.1, 0.15) is 95.8 Å². The molecule has 4 heterocycles. The van der Waals surface area contributed by atoms with Gasteiger partial charge < -0.3 is 35.2 Å². The lowest BCUT2D eigenvalue weighted by Crippen LogP contribution is -2.61. The maximum absolute atomic E-state index is 16.3. The summed E-state index contributed by atoms with van der Waals surface area (Å²) < 4.78 is 66.6. The first kappa shape index (κ1) is 46.0. The summed E-state index contributed by atoms with van der Waals surface area (Å²) in [7, 11) is -5.61. The molecule has 3 aliphatic rings. The van der Waals surface area contributed by atoms with E-state index in [1.807, 2.05) is 0 Å². The van der Waals surface area contributed by atoms with Crippen LogP contribution < -0.4 is 16.0 Å². The normalized spacial score (nSPS) is 21.0. The number of carbonyl (C=O) groups excluding carboxylic acids is 6. The number of piperidine rings is 1. The molecule has 2 aromatic rings. The highest BCUT2D eigenvalue weighted by molar-refractivity contribution is 7.54. The van der Waals surface area contributed by atoms with Crippen LogP contribution in [0.3, 0.4) is 0 Å². The SMILES string of the molecule is CC(=O)N1CC[C@H]2CC[C@@H](C(=O)NC3CCNCC3)N2C(=O)C(NC(=O)c2cc3cc(C(F)(F)P(=O)(OCOC(=O)C(C)(C)C)OCOC(=O)C(C)(C)C)ccc3s2)C1. The third-order valence-corrected chi connectivity index (χ3v) is 13.4. The number of esters is 2. The quantitative estimate of drug-likeness (QED) is 0.149. The predicted molar refractivity (Wildman–Crippen MR) is 212 cm³/mol. The molecule has 20 heteroatoms. The minimum atomic E-state index is -5.61. The van der Waals surface area contributed by atoms with Crippen LogP contribution in [0.5, 0.6) is 0 Å². The second kappa shape index (κ2) is 18.3. The lowest BCUT2D eigenvalue weighted by Gasteiger charge is -2.38. The summed E-state index contributed by atoms with van der Waals surface area (Å²) in [6.45, 7) is 9.86. The van der Waals surface area contributed by atoms with E-state index in [4.69, 9.17) is 18.5 Å². The number of benzene rings is 1. The molecule has 0 spiro atoms. The first-order valence-electron chi connectivity index (χ1n) is 19.6. The van der Waals surface area contributed by atoms with Crippen LogP contribution >= 0.6 is 18.9 Å². The maximum Gasteiger partial charge on any atom is 0.410 e. The second-order valence-electron chi connectivity index (χ2n) is 17.1. The molecular weight excluding hydrogens is 815 g/mol. The van der Waals surface area contributed by atoms with Gasteiger partial charge in [0.05, 0.1) is 15.7 Å². The zero-order valence-corrected chi connectivity index (χ0v) is 36.1. The van der Waals surface area contributed by atoms with Gasteiger partial charge in [-0.2, -0.15) is 8.78 Å². The fourth-order valence-electron chi connectivity index (χ4n) is 6.95. The van der Waals surface area contributed by atoms with E-state index in [1.54, 1.807) is 4.90 Å². The summed E-state index contributed by atoms with van der Waals surface area (Å²) in [4.78, 5) is 81.9. The minimum Gasteiger partial charge on any atom is -0.438 e. The predicted octanol–water partition coefficient (Wildman–Crippen LogP) is 4.85. The summed E-state index contributed by atoms with van der Waals surface area (Å²) in [6, 6.07) is 2.26. The van der Waals surface area contributed by atoms with Gasteiger partial charge in [0, 0.05) is 42.4 Å². The number of thiophene rings is 1. The molecule has 326 valence electrons. The van der Waals surface area contributed by atoms with Crippen molar-refractivity contribution in [2.45, 2.75) is 110 Å². The zero-order valence-electron chi connectivity index (χ0n) is 34.4. The second-order valence-corrected chi connectivity index (χ2v) is 20.2. The van der Waals surface area contributed by atoms with Crippen LogP contribution in [-0.4, -0.2) is 109 Å². The molecule has 3 fully saturated rings. The molecule has 0 saturated carbocycles. The van der Waals surface area contributed by atoms with Gasteiger partial charge in [0.1, 0.15) is 12.1 Å². The molecule has 5 rings (SSSR count). The van der Waals surface area contributed by atoms with Gasteiger partial charge in [0.15, 0.2) is 0 Å². The van der Waals surface area contributed by atoms with Crippen molar-refractivity contribution in [2.75, 3.05) is 39.8 Å². The van der Waals surface area contributed by atoms with Crippen LogP contribution in [0.4, 0.5) is 8.78 Å². The molecule has 3 aliphatic heterocycles. The molecule has 4 amide bonds. The lowest BCUT2D eigenvalue weighted by atomic mass is 9.98. The van der Waals surface area contributed by atoms with E-state index in [2.05, 4.69) is 16.0 Å². The van der Waals surface area contributed by atoms with Crippen molar-refractivity contribution < 1.29 is 60.6 Å². The van der Waals surface area contributed by atoms with E-state index in [0.29, 0.717) is 30.5 Å². The summed E-state index contributed by atoms with van der Waals surface area (Å²) >= 11 is 0.943. The van der Waals surface area contributed by atoms with Gasteiger partial charge in [-0.05, 0) is 110 Å². The Morgan fingerprint density at radius 3 is 2.07 bits per heavy atom. The highest BCUT2D eigenvalue weighted by atomic mass is 32.1. The molecule has 1 aromatic carbocycles. The summed E-state index contributed by atoms with van der Waals surface area (Å²) in [5.74, 6) is -3.42. The Morgan fingerprint density at radius 2 is 1.49 bits per heavy atom. The summed E-state index contributed by atoms with van der Waals surface area (Å²) in [5.41, 5.74) is -7.31. The number of halogens is 2. The standard InChI is InChI=1S/C39H54F2N5O11PS/c1-23(47)45-17-14-27-9-10-29(32(48)43-26-12-15-42-16-13-26)46(27)34(50)28(20-45)44-33(49)31-19-24-18-25(8-11-30(24)59-31)39(40,41)58(53,56-21-54-35(51)37(2,3)4)57-22-55-36(52)38(5,6)7/h8,11,18-19,26-29,42H,9-10,12-17,20-22H2,1-7H3,(H,43,48)(H,44,49)/t27-,28?,29+/m1/s1. The molecule has 0 bridgehead atoms. The number of alkyl halides is 2. The van der Waals surface area contributed by atoms with Crippen molar-refractivity contribution in [1.29, 1.82) is 0 Å². The highest BCUT2D eigenvalue weighted by Crippen LogP contribution is 2.67. The van der Waals surface area contributed by atoms with Gasteiger partial charge >= 0.3 is 25.2 Å². The number of hydrogen-bond acceptors (Lipinski definition) is 13. The van der Waals surface area contributed by atoms with Gasteiger partial charge in [-0.3, -0.25) is 42.4 Å². The summed E-state index contributed by atoms with van der Waals surface area (Å²) in [6.07, 6.45) is 2.99. The molecule has 1 unspecified atom stereocenters. The Hall–Kier alpha value is -4.03. The first-order valence-corrected chi connectivity index (χ1v) is 21.9. The number of nitrogens with zero attached hydrogens (tertiary/aromatic N) is 2. The fourth-order valence-corrected chi connectivity index (χ4v) is 9.13. The Bertz CT molecular complexity index is 1940. The Balaban J connectivity index is 1.37. The van der Waals surface area contributed by atoms with Crippen LogP contribution in [0, 0.1) is 10.8 Å². The number of hydrogen-bond donors (Lipinski definition) is 3. The molecule has 3 atom stereocenters. The van der Waals surface area contributed by atoms with Gasteiger partial charge in [-0.15, -0.1) is 11.3 Å². The van der Waals surface area contributed by atoms with Crippen molar-refractivity contribution in [3.8, 4) is 0 Å². The maximum atomic E-state index is 16.3. The molecule has 16 nitrogen and oxygen atoms in total. The molecular formula is C39H54F2N5O11PS. The monoisotopic (exact) mass is 869 g/mol. The number of amides is 4. The Kier molecular flexibility index (Phi) is 14.3.